The van der Waals surface area contributed by atoms with Crippen molar-refractivity contribution in [2.75, 3.05) is 6.54 Å². The molecule has 4 nitrogen and oxygen atoms in total. The highest BCUT2D eigenvalue weighted by atomic mass is 16.2. The first-order valence-electron chi connectivity index (χ1n) is 14.3. The van der Waals surface area contributed by atoms with Crippen LogP contribution in [0.3, 0.4) is 0 Å². The fourth-order valence-electron chi connectivity index (χ4n) is 4.35. The number of benzene rings is 1. The molecule has 1 atom stereocenters. The minimum Gasteiger partial charge on any atom is -0.354 e. The van der Waals surface area contributed by atoms with Gasteiger partial charge in [0.05, 0.1) is 0 Å². The van der Waals surface area contributed by atoms with E-state index in [9.17, 15) is 9.59 Å². The summed E-state index contributed by atoms with van der Waals surface area (Å²) in [6.07, 6.45) is 21.8. The third kappa shape index (κ3) is 17.0. The Balaban J connectivity index is 2.05. The second-order valence-electron chi connectivity index (χ2n) is 10.1. The normalized spacial score (nSPS) is 11.7. The second-order valence-corrected chi connectivity index (χ2v) is 10.1. The highest BCUT2D eigenvalue weighted by molar-refractivity contribution is 5.96. The van der Waals surface area contributed by atoms with E-state index in [1.807, 2.05) is 30.3 Å². The molecule has 198 valence electrons. The van der Waals surface area contributed by atoms with Gasteiger partial charge < -0.3 is 10.6 Å². The Bertz CT molecular complexity index is 686. The van der Waals surface area contributed by atoms with Crippen LogP contribution in [0, 0.1) is 0 Å². The maximum Gasteiger partial charge on any atom is 0.246 e. The second kappa shape index (κ2) is 21.2. The molecule has 0 radical (unpaired) electrons. The van der Waals surface area contributed by atoms with E-state index < -0.39 is 6.04 Å². The SMILES string of the molecule is C=C(C)C(=O)N[C@@H](Cc1ccccc1)C(=O)NCCCCCCCCCCCCCCCCCC. The van der Waals surface area contributed by atoms with Gasteiger partial charge in [-0.15, -0.1) is 0 Å². The van der Waals surface area contributed by atoms with Crippen molar-refractivity contribution in [3.05, 3.63) is 48.0 Å². The molecule has 0 unspecified atom stereocenters. The zero-order valence-electron chi connectivity index (χ0n) is 22.7. The maximum atomic E-state index is 12.7. The van der Waals surface area contributed by atoms with E-state index in [-0.39, 0.29) is 11.8 Å². The number of carbonyl (C=O) groups is 2. The molecule has 0 aliphatic rings. The van der Waals surface area contributed by atoms with Gasteiger partial charge in [-0.2, -0.15) is 0 Å². The van der Waals surface area contributed by atoms with Gasteiger partial charge in [0.25, 0.3) is 0 Å². The van der Waals surface area contributed by atoms with Crippen molar-refractivity contribution in [1.29, 1.82) is 0 Å². The molecule has 0 heterocycles. The fraction of sp³-hybridized carbons (Fsp3) is 0.677. The van der Waals surface area contributed by atoms with Crippen molar-refractivity contribution in [3.8, 4) is 0 Å². The average molecular weight is 485 g/mol. The van der Waals surface area contributed by atoms with Crippen LogP contribution in [0.4, 0.5) is 0 Å². The zero-order chi connectivity index (χ0) is 25.6. The van der Waals surface area contributed by atoms with Crippen LogP contribution >= 0.6 is 0 Å². The molecule has 1 rings (SSSR count). The Morgan fingerprint density at radius 1 is 0.743 bits per heavy atom. The van der Waals surface area contributed by atoms with E-state index in [4.69, 9.17) is 0 Å². The first-order chi connectivity index (χ1) is 17.0. The Labute approximate surface area is 215 Å². The summed E-state index contributed by atoms with van der Waals surface area (Å²) in [5, 5.41) is 5.83. The van der Waals surface area contributed by atoms with E-state index in [2.05, 4.69) is 24.1 Å². The molecular formula is C31H52N2O2. The molecule has 0 spiro atoms. The highest BCUT2D eigenvalue weighted by Gasteiger charge is 2.21. The number of carbonyl (C=O) groups excluding carboxylic acids is 2. The Kier molecular flexibility index (Phi) is 18.7. The smallest absolute Gasteiger partial charge is 0.246 e. The molecule has 0 aliphatic carbocycles. The van der Waals surface area contributed by atoms with Gasteiger partial charge in [0, 0.05) is 18.5 Å². The predicted octanol–water partition coefficient (Wildman–Crippen LogP) is 7.67. The number of hydrogen-bond acceptors (Lipinski definition) is 2. The first kappa shape index (κ1) is 30.9. The molecular weight excluding hydrogens is 432 g/mol. The van der Waals surface area contributed by atoms with Crippen LogP contribution in [-0.2, 0) is 16.0 Å². The van der Waals surface area contributed by atoms with Gasteiger partial charge in [-0.05, 0) is 18.9 Å². The highest BCUT2D eigenvalue weighted by Crippen LogP contribution is 2.13. The van der Waals surface area contributed by atoms with Crippen molar-refractivity contribution in [3.63, 3.8) is 0 Å². The number of amides is 2. The molecule has 0 aliphatic heterocycles. The largest absolute Gasteiger partial charge is 0.354 e. The summed E-state index contributed by atoms with van der Waals surface area (Å²) < 4.78 is 0. The molecule has 1 aromatic carbocycles. The Hall–Kier alpha value is -2.10. The number of nitrogens with one attached hydrogen (secondary N) is 2. The summed E-state index contributed by atoms with van der Waals surface area (Å²) >= 11 is 0. The van der Waals surface area contributed by atoms with Crippen LogP contribution in [0.1, 0.15) is 122 Å². The van der Waals surface area contributed by atoms with Crippen molar-refractivity contribution in [2.45, 2.75) is 129 Å². The molecule has 0 saturated carbocycles. The quantitative estimate of drug-likeness (QED) is 0.131. The topological polar surface area (TPSA) is 58.2 Å². The van der Waals surface area contributed by atoms with E-state index in [0.29, 0.717) is 18.5 Å². The third-order valence-corrected chi connectivity index (χ3v) is 6.62. The van der Waals surface area contributed by atoms with Crippen LogP contribution in [0.25, 0.3) is 0 Å². The molecule has 0 fully saturated rings. The lowest BCUT2D eigenvalue weighted by Gasteiger charge is -2.19. The molecule has 0 saturated heterocycles. The molecule has 0 bridgehead atoms. The standard InChI is InChI=1S/C31H52N2O2/c1-4-5-6-7-8-9-10-11-12-13-14-15-16-17-18-22-25-32-31(35)29(33-30(34)27(2)3)26-28-23-20-19-21-24-28/h19-21,23-24,29H,2,4-18,22,25-26H2,1,3H3,(H,32,35)(H,33,34)/t29-/m0/s1. The summed E-state index contributed by atoms with van der Waals surface area (Å²) in [5.41, 5.74) is 1.44. The Morgan fingerprint density at radius 2 is 1.20 bits per heavy atom. The first-order valence-corrected chi connectivity index (χ1v) is 14.3. The van der Waals surface area contributed by atoms with Gasteiger partial charge in [-0.3, -0.25) is 9.59 Å². The third-order valence-electron chi connectivity index (χ3n) is 6.62. The van der Waals surface area contributed by atoms with Gasteiger partial charge in [0.1, 0.15) is 6.04 Å². The summed E-state index contributed by atoms with van der Waals surface area (Å²) in [5.74, 6) is -0.395. The van der Waals surface area contributed by atoms with Gasteiger partial charge in [0.15, 0.2) is 0 Å². The van der Waals surface area contributed by atoms with Crippen LogP contribution in [0.2, 0.25) is 0 Å². The van der Waals surface area contributed by atoms with Gasteiger partial charge in [-0.1, -0.05) is 140 Å². The summed E-state index contributed by atoms with van der Waals surface area (Å²) in [7, 11) is 0. The number of unbranched alkanes of at least 4 members (excludes halogenated alkanes) is 15. The van der Waals surface area contributed by atoms with Crippen molar-refractivity contribution >= 4 is 11.8 Å². The van der Waals surface area contributed by atoms with Gasteiger partial charge >= 0.3 is 0 Å². The molecule has 2 N–H and O–H groups in total. The molecule has 1 aromatic rings. The van der Waals surface area contributed by atoms with Crippen molar-refractivity contribution < 1.29 is 9.59 Å². The van der Waals surface area contributed by atoms with E-state index in [1.54, 1.807) is 6.92 Å². The van der Waals surface area contributed by atoms with Crippen LogP contribution in [0.5, 0.6) is 0 Å². The van der Waals surface area contributed by atoms with Gasteiger partial charge in [0.2, 0.25) is 11.8 Å². The lowest BCUT2D eigenvalue weighted by Crippen LogP contribution is -2.48. The van der Waals surface area contributed by atoms with Crippen LogP contribution in [-0.4, -0.2) is 24.4 Å². The van der Waals surface area contributed by atoms with E-state index >= 15 is 0 Å². The summed E-state index contributed by atoms with van der Waals surface area (Å²) in [6.45, 7) is 8.27. The van der Waals surface area contributed by atoms with Crippen LogP contribution < -0.4 is 10.6 Å². The molecule has 0 aromatic heterocycles. The minimum absolute atomic E-state index is 0.121. The van der Waals surface area contributed by atoms with Crippen molar-refractivity contribution in [2.24, 2.45) is 0 Å². The Morgan fingerprint density at radius 3 is 1.66 bits per heavy atom. The van der Waals surface area contributed by atoms with Gasteiger partial charge in [-0.25, -0.2) is 0 Å². The van der Waals surface area contributed by atoms with Crippen LogP contribution in [0.15, 0.2) is 42.5 Å². The lowest BCUT2D eigenvalue weighted by molar-refractivity contribution is -0.127. The van der Waals surface area contributed by atoms with E-state index in [0.717, 1.165) is 18.4 Å². The molecule has 35 heavy (non-hydrogen) atoms. The monoisotopic (exact) mass is 484 g/mol. The molecule has 2 amide bonds. The number of rotatable bonds is 22. The fourth-order valence-corrected chi connectivity index (χ4v) is 4.35. The summed E-state index contributed by atoms with van der Waals surface area (Å²) in [6, 6.07) is 9.21. The lowest BCUT2D eigenvalue weighted by atomic mass is 10.0. The average Bonchev–Trinajstić information content (AvgIpc) is 2.85. The van der Waals surface area contributed by atoms with E-state index in [1.165, 1.54) is 89.9 Å². The predicted molar refractivity (Wildman–Crippen MR) is 149 cm³/mol. The summed E-state index contributed by atoms with van der Waals surface area (Å²) in [4.78, 5) is 24.8. The molecule has 4 heteroatoms. The number of hydrogen-bond donors (Lipinski definition) is 2. The maximum absolute atomic E-state index is 12.7. The minimum atomic E-state index is -0.581. The van der Waals surface area contributed by atoms with Crippen molar-refractivity contribution in [1.82, 2.24) is 10.6 Å². The zero-order valence-corrected chi connectivity index (χ0v) is 22.7.